The minimum atomic E-state index is -0.0872. The van der Waals surface area contributed by atoms with Crippen molar-refractivity contribution in [1.29, 1.82) is 0 Å². The number of aromatic nitrogens is 4. The summed E-state index contributed by atoms with van der Waals surface area (Å²) in [6.45, 7) is 4.35. The summed E-state index contributed by atoms with van der Waals surface area (Å²) in [5.41, 5.74) is 3.66. The molecule has 6 rings (SSSR count). The molecular formula is C22H22N6O. The average Bonchev–Trinajstić information content (AvgIpc) is 3.16. The molecule has 7 heteroatoms. The van der Waals surface area contributed by atoms with Gasteiger partial charge in [0.05, 0.1) is 10.9 Å². The molecule has 1 aliphatic heterocycles. The van der Waals surface area contributed by atoms with Crippen LogP contribution in [0, 0.1) is 6.92 Å². The van der Waals surface area contributed by atoms with Gasteiger partial charge in [-0.1, -0.05) is 11.6 Å². The van der Waals surface area contributed by atoms with Gasteiger partial charge in [-0.05, 0) is 44.0 Å². The number of hydrogen-bond donors (Lipinski definition) is 2. The van der Waals surface area contributed by atoms with E-state index in [0.717, 1.165) is 53.7 Å². The number of nitrogens with zero attached hydrogens (tertiary/aromatic N) is 4. The van der Waals surface area contributed by atoms with Crippen LogP contribution >= 0.6 is 0 Å². The van der Waals surface area contributed by atoms with E-state index in [0.29, 0.717) is 12.2 Å². The molecule has 1 saturated carbocycles. The highest BCUT2D eigenvalue weighted by molar-refractivity contribution is 5.99. The van der Waals surface area contributed by atoms with Crippen molar-refractivity contribution in [3.8, 4) is 0 Å². The Bertz CT molecular complexity index is 1250. The monoisotopic (exact) mass is 386 g/mol. The number of H-pyrrole nitrogens is 2. The molecule has 0 unspecified atom stereocenters. The smallest absolute Gasteiger partial charge is 0.270 e. The van der Waals surface area contributed by atoms with E-state index in [9.17, 15) is 4.79 Å². The van der Waals surface area contributed by atoms with E-state index in [-0.39, 0.29) is 11.4 Å². The highest BCUT2D eigenvalue weighted by Crippen LogP contribution is 2.46. The number of fused-ring (bicyclic) bond motifs is 2. The van der Waals surface area contributed by atoms with Crippen molar-refractivity contribution < 1.29 is 4.79 Å². The number of hydrogen-bond acceptors (Lipinski definition) is 4. The first-order valence-corrected chi connectivity index (χ1v) is 10.1. The van der Waals surface area contributed by atoms with Crippen molar-refractivity contribution in [2.75, 3.05) is 24.5 Å². The van der Waals surface area contributed by atoms with E-state index >= 15 is 0 Å². The van der Waals surface area contributed by atoms with Crippen molar-refractivity contribution in [2.24, 2.45) is 0 Å². The maximum absolute atomic E-state index is 13.4. The van der Waals surface area contributed by atoms with Gasteiger partial charge in [0.25, 0.3) is 5.91 Å². The van der Waals surface area contributed by atoms with Crippen LogP contribution < -0.4 is 4.90 Å². The summed E-state index contributed by atoms with van der Waals surface area (Å²) in [5.74, 6) is 1.06. The van der Waals surface area contributed by atoms with E-state index in [1.807, 2.05) is 24.4 Å². The van der Waals surface area contributed by atoms with Gasteiger partial charge < -0.3 is 19.8 Å². The molecule has 7 nitrogen and oxygen atoms in total. The second-order valence-corrected chi connectivity index (χ2v) is 8.31. The number of rotatable bonds is 2. The fourth-order valence-electron chi connectivity index (χ4n) is 4.67. The minimum absolute atomic E-state index is 0.0872. The zero-order valence-electron chi connectivity index (χ0n) is 16.3. The van der Waals surface area contributed by atoms with Crippen molar-refractivity contribution in [2.45, 2.75) is 25.3 Å². The van der Waals surface area contributed by atoms with Crippen LogP contribution in [0.25, 0.3) is 21.9 Å². The first kappa shape index (κ1) is 16.6. The number of carbonyl (C=O) groups excluding carboxylic acids is 1. The highest BCUT2D eigenvalue weighted by atomic mass is 16.2. The second kappa shape index (κ2) is 5.83. The van der Waals surface area contributed by atoms with Gasteiger partial charge in [-0.25, -0.2) is 9.97 Å². The lowest BCUT2D eigenvalue weighted by Gasteiger charge is -2.42. The third kappa shape index (κ3) is 2.53. The first-order chi connectivity index (χ1) is 14.1. The number of anilines is 1. The van der Waals surface area contributed by atoms with Crippen LogP contribution in [0.4, 0.5) is 5.82 Å². The SMILES string of the molecule is Cc1ccc2[nH]c(C(=O)N3CCN(c4ncnc5[nH]ccc45)CC34CC4)cc2c1. The Kier molecular flexibility index (Phi) is 3.33. The Hall–Kier alpha value is -3.35. The van der Waals surface area contributed by atoms with Crippen LogP contribution in [0.1, 0.15) is 28.9 Å². The van der Waals surface area contributed by atoms with E-state index in [1.165, 1.54) is 5.56 Å². The zero-order chi connectivity index (χ0) is 19.6. The van der Waals surface area contributed by atoms with Crippen molar-refractivity contribution in [3.05, 3.63) is 54.1 Å². The number of amides is 1. The van der Waals surface area contributed by atoms with E-state index < -0.39 is 0 Å². The zero-order valence-corrected chi connectivity index (χ0v) is 16.3. The lowest BCUT2D eigenvalue weighted by molar-refractivity contribution is 0.0619. The van der Waals surface area contributed by atoms with E-state index in [1.54, 1.807) is 6.33 Å². The average molecular weight is 386 g/mol. The molecule has 2 N–H and O–H groups in total. The summed E-state index contributed by atoms with van der Waals surface area (Å²) in [6, 6.07) is 10.2. The molecule has 2 fully saturated rings. The van der Waals surface area contributed by atoms with Crippen LogP contribution in [0.15, 0.2) is 42.9 Å². The highest BCUT2D eigenvalue weighted by Gasteiger charge is 2.53. The first-order valence-electron chi connectivity index (χ1n) is 10.1. The summed E-state index contributed by atoms with van der Waals surface area (Å²) in [5, 5.41) is 2.13. The predicted molar refractivity (Wildman–Crippen MR) is 112 cm³/mol. The molecule has 0 radical (unpaired) electrons. The van der Waals surface area contributed by atoms with E-state index in [4.69, 9.17) is 0 Å². The van der Waals surface area contributed by atoms with Gasteiger partial charge in [0, 0.05) is 36.7 Å². The molecule has 29 heavy (non-hydrogen) atoms. The number of aromatic amines is 2. The third-order valence-electron chi connectivity index (χ3n) is 6.36. The molecule has 3 aromatic heterocycles. The van der Waals surface area contributed by atoms with Gasteiger partial charge in [0.15, 0.2) is 0 Å². The molecule has 1 saturated heterocycles. The van der Waals surface area contributed by atoms with Crippen molar-refractivity contribution >= 4 is 33.7 Å². The Balaban J connectivity index is 1.29. The quantitative estimate of drug-likeness (QED) is 0.554. The minimum Gasteiger partial charge on any atom is -0.352 e. The van der Waals surface area contributed by atoms with Gasteiger partial charge in [0.1, 0.15) is 23.5 Å². The van der Waals surface area contributed by atoms with Crippen molar-refractivity contribution in [3.63, 3.8) is 0 Å². The topological polar surface area (TPSA) is 80.9 Å². The fraction of sp³-hybridized carbons (Fsp3) is 0.318. The third-order valence-corrected chi connectivity index (χ3v) is 6.36. The van der Waals surface area contributed by atoms with Crippen LogP contribution in [0.2, 0.25) is 0 Å². The summed E-state index contributed by atoms with van der Waals surface area (Å²) < 4.78 is 0. The second-order valence-electron chi connectivity index (χ2n) is 8.31. The summed E-state index contributed by atoms with van der Waals surface area (Å²) in [7, 11) is 0. The Labute approximate surface area is 167 Å². The summed E-state index contributed by atoms with van der Waals surface area (Å²) in [6.07, 6.45) is 5.58. The molecule has 4 aromatic rings. The molecule has 0 bridgehead atoms. The van der Waals surface area contributed by atoms with Crippen molar-refractivity contribution in [1.82, 2.24) is 24.8 Å². The van der Waals surface area contributed by atoms with Crippen LogP contribution in [0.5, 0.6) is 0 Å². The maximum atomic E-state index is 13.4. The molecule has 146 valence electrons. The molecule has 1 aliphatic carbocycles. The Morgan fingerprint density at radius 3 is 2.90 bits per heavy atom. The van der Waals surface area contributed by atoms with Gasteiger partial charge >= 0.3 is 0 Å². The number of piperazine rings is 1. The summed E-state index contributed by atoms with van der Waals surface area (Å²) in [4.78, 5) is 33.1. The fourth-order valence-corrected chi connectivity index (χ4v) is 4.67. The summed E-state index contributed by atoms with van der Waals surface area (Å²) >= 11 is 0. The number of benzene rings is 1. The lowest BCUT2D eigenvalue weighted by atomic mass is 10.1. The predicted octanol–water partition coefficient (Wildman–Crippen LogP) is 3.24. The normalized spacial score (nSPS) is 18.1. The largest absolute Gasteiger partial charge is 0.352 e. The van der Waals surface area contributed by atoms with Crippen LogP contribution in [-0.2, 0) is 0 Å². The molecular weight excluding hydrogens is 364 g/mol. The molecule has 2 aliphatic rings. The van der Waals surface area contributed by atoms with Gasteiger partial charge in [-0.2, -0.15) is 0 Å². The maximum Gasteiger partial charge on any atom is 0.270 e. The number of aryl methyl sites for hydroxylation is 1. The van der Waals surface area contributed by atoms with Crippen LogP contribution in [-0.4, -0.2) is 55.9 Å². The lowest BCUT2D eigenvalue weighted by Crippen LogP contribution is -2.57. The van der Waals surface area contributed by atoms with E-state index in [2.05, 4.69) is 48.8 Å². The van der Waals surface area contributed by atoms with Crippen LogP contribution in [0.3, 0.4) is 0 Å². The van der Waals surface area contributed by atoms with Gasteiger partial charge in [-0.3, -0.25) is 4.79 Å². The number of nitrogens with one attached hydrogen (secondary N) is 2. The molecule has 4 heterocycles. The molecule has 1 spiro atoms. The Morgan fingerprint density at radius 1 is 1.14 bits per heavy atom. The molecule has 0 atom stereocenters. The van der Waals surface area contributed by atoms with Gasteiger partial charge in [-0.15, -0.1) is 0 Å². The number of carbonyl (C=O) groups is 1. The molecule has 1 amide bonds. The molecule has 1 aromatic carbocycles. The van der Waals surface area contributed by atoms with Gasteiger partial charge in [0.2, 0.25) is 0 Å². The standard InChI is InChI=1S/C22H22N6O/c1-14-2-3-17-15(10-14)11-18(26-17)21(29)28-9-8-27(12-22(28)5-6-22)20-16-4-7-23-19(16)24-13-25-20/h2-4,7,10-11,13,26H,5-6,8-9,12H2,1H3,(H,23,24,25). The Morgan fingerprint density at radius 2 is 2.03 bits per heavy atom.